The van der Waals surface area contributed by atoms with Crippen molar-refractivity contribution in [3.05, 3.63) is 29.6 Å². The third-order valence-electron chi connectivity index (χ3n) is 4.42. The van der Waals surface area contributed by atoms with E-state index in [1.54, 1.807) is 0 Å². The van der Waals surface area contributed by atoms with E-state index in [0.29, 0.717) is 18.5 Å². The first-order chi connectivity index (χ1) is 12.1. The summed E-state index contributed by atoms with van der Waals surface area (Å²) in [6.45, 7) is 11.8. The molecule has 2 heterocycles. The van der Waals surface area contributed by atoms with Crippen LogP contribution in [-0.2, 0) is 11.3 Å². The lowest BCUT2D eigenvalue weighted by atomic mass is 10.0. The molecule has 1 unspecified atom stereocenters. The minimum atomic E-state index is 0. The van der Waals surface area contributed by atoms with E-state index in [1.807, 2.05) is 32.2 Å². The molecule has 0 amide bonds. The van der Waals surface area contributed by atoms with Gasteiger partial charge in [0.1, 0.15) is 0 Å². The molecule has 1 aromatic rings. The van der Waals surface area contributed by atoms with Crippen molar-refractivity contribution in [1.29, 1.82) is 0 Å². The largest absolute Gasteiger partial charge is 0.379 e. The fourth-order valence-electron chi connectivity index (χ4n) is 3.16. The van der Waals surface area contributed by atoms with E-state index >= 15 is 0 Å². The molecule has 1 atom stereocenters. The number of morpholine rings is 1. The second-order valence-corrected chi connectivity index (χ2v) is 7.01. The van der Waals surface area contributed by atoms with Crippen molar-refractivity contribution in [2.75, 3.05) is 39.9 Å². The van der Waals surface area contributed by atoms with E-state index in [2.05, 4.69) is 39.4 Å². The van der Waals surface area contributed by atoms with Crippen LogP contribution in [0, 0.1) is 12.8 Å². The van der Waals surface area contributed by atoms with Crippen LogP contribution in [0.4, 0.5) is 0 Å². The Morgan fingerprint density at radius 1 is 1.27 bits per heavy atom. The van der Waals surface area contributed by atoms with Crippen LogP contribution in [0.1, 0.15) is 31.7 Å². The second kappa shape index (κ2) is 12.5. The van der Waals surface area contributed by atoms with Crippen molar-refractivity contribution in [2.24, 2.45) is 10.9 Å². The molecule has 0 bridgehead atoms. The number of nitrogens with one attached hydrogen (secondary N) is 2. The highest BCUT2D eigenvalue weighted by Crippen LogP contribution is 2.13. The first-order valence-corrected chi connectivity index (χ1v) is 9.27. The molecule has 0 radical (unpaired) electrons. The quantitative estimate of drug-likeness (QED) is 0.361. The number of aryl methyl sites for hydroxylation is 1. The van der Waals surface area contributed by atoms with Crippen molar-refractivity contribution in [1.82, 2.24) is 20.5 Å². The van der Waals surface area contributed by atoms with Gasteiger partial charge in [0.2, 0.25) is 0 Å². The lowest BCUT2D eigenvalue weighted by Gasteiger charge is -2.35. The number of halogens is 1. The van der Waals surface area contributed by atoms with Gasteiger partial charge in [0.15, 0.2) is 5.96 Å². The fourth-order valence-corrected chi connectivity index (χ4v) is 3.16. The van der Waals surface area contributed by atoms with Crippen LogP contribution < -0.4 is 10.6 Å². The van der Waals surface area contributed by atoms with E-state index in [0.717, 1.165) is 50.2 Å². The maximum atomic E-state index is 5.49. The summed E-state index contributed by atoms with van der Waals surface area (Å²) in [6.07, 6.45) is 1.17. The Kier molecular flexibility index (Phi) is 11.1. The van der Waals surface area contributed by atoms with Gasteiger partial charge in [-0.05, 0) is 31.4 Å². The van der Waals surface area contributed by atoms with Crippen LogP contribution in [0.3, 0.4) is 0 Å². The van der Waals surface area contributed by atoms with E-state index in [9.17, 15) is 0 Å². The number of nitrogens with zero attached hydrogens (tertiary/aromatic N) is 3. The van der Waals surface area contributed by atoms with Crippen molar-refractivity contribution in [3.63, 3.8) is 0 Å². The number of ether oxygens (including phenoxy) is 1. The van der Waals surface area contributed by atoms with Gasteiger partial charge >= 0.3 is 0 Å². The molecule has 1 aromatic heterocycles. The number of rotatable bonds is 7. The van der Waals surface area contributed by atoms with Crippen molar-refractivity contribution < 1.29 is 4.74 Å². The summed E-state index contributed by atoms with van der Waals surface area (Å²) in [5.74, 6) is 1.49. The molecular formula is C19H34IN5O. The molecule has 0 spiro atoms. The second-order valence-electron chi connectivity index (χ2n) is 7.01. The van der Waals surface area contributed by atoms with Crippen molar-refractivity contribution in [2.45, 2.75) is 39.8 Å². The molecule has 0 saturated carbocycles. The summed E-state index contributed by atoms with van der Waals surface area (Å²) >= 11 is 0. The predicted molar refractivity (Wildman–Crippen MR) is 118 cm³/mol. The van der Waals surface area contributed by atoms with Gasteiger partial charge in [-0.3, -0.25) is 14.9 Å². The van der Waals surface area contributed by atoms with Gasteiger partial charge in [-0.25, -0.2) is 0 Å². The first-order valence-electron chi connectivity index (χ1n) is 9.27. The number of hydrogen-bond donors (Lipinski definition) is 2. The minimum absolute atomic E-state index is 0. The molecule has 1 fully saturated rings. The minimum Gasteiger partial charge on any atom is -0.379 e. The molecular weight excluding hydrogens is 441 g/mol. The van der Waals surface area contributed by atoms with Gasteiger partial charge in [0, 0.05) is 38.4 Å². The molecule has 1 saturated heterocycles. The summed E-state index contributed by atoms with van der Waals surface area (Å²) in [4.78, 5) is 11.4. The Bertz CT molecular complexity index is 546. The maximum Gasteiger partial charge on any atom is 0.191 e. The topological polar surface area (TPSA) is 61.8 Å². The summed E-state index contributed by atoms with van der Waals surface area (Å²) in [5.41, 5.74) is 2.06. The summed E-state index contributed by atoms with van der Waals surface area (Å²) < 4.78 is 5.49. The van der Waals surface area contributed by atoms with Gasteiger partial charge in [0.05, 0.1) is 25.5 Å². The number of aromatic nitrogens is 1. The lowest BCUT2D eigenvalue weighted by molar-refractivity contribution is 0.0132. The van der Waals surface area contributed by atoms with E-state index in [-0.39, 0.29) is 24.0 Å². The first kappa shape index (κ1) is 23.1. The average Bonchev–Trinajstić information content (AvgIpc) is 2.61. The molecule has 26 heavy (non-hydrogen) atoms. The molecule has 148 valence electrons. The van der Waals surface area contributed by atoms with E-state index in [4.69, 9.17) is 4.74 Å². The molecule has 2 N–H and O–H groups in total. The summed E-state index contributed by atoms with van der Waals surface area (Å²) in [5, 5.41) is 6.84. The number of aliphatic imine (C=N–C) groups is 1. The van der Waals surface area contributed by atoms with E-state index in [1.165, 1.54) is 6.42 Å². The van der Waals surface area contributed by atoms with Crippen molar-refractivity contribution >= 4 is 29.9 Å². The number of hydrogen-bond acceptors (Lipinski definition) is 4. The predicted octanol–water partition coefficient (Wildman–Crippen LogP) is 2.42. The Hall–Kier alpha value is -0.930. The van der Waals surface area contributed by atoms with Gasteiger partial charge < -0.3 is 15.4 Å². The van der Waals surface area contributed by atoms with Crippen LogP contribution in [0.25, 0.3) is 0 Å². The monoisotopic (exact) mass is 475 g/mol. The Morgan fingerprint density at radius 3 is 2.62 bits per heavy atom. The SMILES string of the molecule is CN=C(NCc1cccc(C)n1)NCC(CC(C)C)N1CCOCC1.I. The average molecular weight is 475 g/mol. The number of guanidine groups is 1. The molecule has 0 aliphatic carbocycles. The third kappa shape index (κ3) is 8.18. The van der Waals surface area contributed by atoms with Gasteiger partial charge in [-0.2, -0.15) is 0 Å². The van der Waals surface area contributed by atoms with Gasteiger partial charge in [-0.1, -0.05) is 19.9 Å². The normalized spacial score (nSPS) is 16.9. The molecule has 2 rings (SSSR count). The van der Waals surface area contributed by atoms with E-state index < -0.39 is 0 Å². The third-order valence-corrected chi connectivity index (χ3v) is 4.42. The summed E-state index contributed by atoms with van der Waals surface area (Å²) in [7, 11) is 1.81. The van der Waals surface area contributed by atoms with Crippen molar-refractivity contribution in [3.8, 4) is 0 Å². The standard InChI is InChI=1S/C19H33N5O.HI/c1-15(2)12-18(24-8-10-25-11-9-24)14-22-19(20-4)21-13-17-7-5-6-16(3)23-17;/h5-7,15,18H,8-14H2,1-4H3,(H2,20,21,22);1H. The zero-order chi connectivity index (χ0) is 18.1. The fraction of sp³-hybridized carbons (Fsp3) is 0.684. The molecule has 1 aliphatic rings. The summed E-state index contributed by atoms with van der Waals surface area (Å²) in [6, 6.07) is 6.57. The Morgan fingerprint density at radius 2 is 2.00 bits per heavy atom. The zero-order valence-corrected chi connectivity index (χ0v) is 18.8. The van der Waals surface area contributed by atoms with Gasteiger partial charge in [0.25, 0.3) is 0 Å². The number of pyridine rings is 1. The molecule has 0 aromatic carbocycles. The van der Waals surface area contributed by atoms with Crippen LogP contribution in [0.5, 0.6) is 0 Å². The van der Waals surface area contributed by atoms with Crippen LogP contribution in [-0.4, -0.2) is 61.8 Å². The zero-order valence-electron chi connectivity index (χ0n) is 16.5. The Labute approximate surface area is 175 Å². The Balaban J connectivity index is 0.00000338. The highest BCUT2D eigenvalue weighted by atomic mass is 127. The smallest absolute Gasteiger partial charge is 0.191 e. The lowest BCUT2D eigenvalue weighted by Crippen LogP contribution is -2.51. The highest BCUT2D eigenvalue weighted by Gasteiger charge is 2.22. The molecule has 1 aliphatic heterocycles. The highest BCUT2D eigenvalue weighted by molar-refractivity contribution is 14.0. The van der Waals surface area contributed by atoms with Crippen LogP contribution >= 0.6 is 24.0 Å². The van der Waals surface area contributed by atoms with Crippen LogP contribution in [0.2, 0.25) is 0 Å². The van der Waals surface area contributed by atoms with Gasteiger partial charge in [-0.15, -0.1) is 24.0 Å². The van der Waals surface area contributed by atoms with Crippen LogP contribution in [0.15, 0.2) is 23.2 Å². The molecule has 6 nitrogen and oxygen atoms in total. The maximum absolute atomic E-state index is 5.49. The molecule has 7 heteroatoms.